The van der Waals surface area contributed by atoms with Crippen molar-refractivity contribution in [3.63, 3.8) is 0 Å². The van der Waals surface area contributed by atoms with Crippen molar-refractivity contribution in [2.75, 3.05) is 12.4 Å². The van der Waals surface area contributed by atoms with Crippen molar-refractivity contribution < 1.29 is 13.5 Å². The van der Waals surface area contributed by atoms with E-state index in [1.165, 1.54) is 12.1 Å². The number of hydrogen-bond donors (Lipinski definition) is 1. The number of anilines is 1. The molecule has 0 fully saturated rings. The fourth-order valence-electron chi connectivity index (χ4n) is 1.89. The number of ether oxygens (including phenoxy) is 1. The van der Waals surface area contributed by atoms with Crippen LogP contribution in [0, 0.1) is 0 Å². The lowest BCUT2D eigenvalue weighted by Crippen LogP contribution is -2.30. The van der Waals surface area contributed by atoms with Crippen LogP contribution in [0.4, 0.5) is 14.5 Å². The third-order valence-corrected chi connectivity index (χ3v) is 4.23. The minimum absolute atomic E-state index is 0.109. The smallest absolute Gasteiger partial charge is 0.387 e. The molecular formula is C16H15BrF2N2OS. The first-order valence-corrected chi connectivity index (χ1v) is 7.96. The monoisotopic (exact) mass is 400 g/mol. The molecule has 0 atom stereocenters. The van der Waals surface area contributed by atoms with Crippen LogP contribution in [0.2, 0.25) is 0 Å². The minimum Gasteiger partial charge on any atom is -0.435 e. The molecule has 0 aliphatic rings. The Bertz CT molecular complexity index is 667. The SMILES string of the molecule is CN(Cc1ccccc1Br)C(=S)Nc1ccc(OC(F)F)cc1. The molecule has 2 rings (SSSR count). The normalized spacial score (nSPS) is 10.5. The largest absolute Gasteiger partial charge is 0.435 e. The number of alkyl halides is 2. The van der Waals surface area contributed by atoms with Crippen LogP contribution < -0.4 is 10.1 Å². The third kappa shape index (κ3) is 5.44. The Morgan fingerprint density at radius 1 is 1.22 bits per heavy atom. The Morgan fingerprint density at radius 2 is 1.87 bits per heavy atom. The summed E-state index contributed by atoms with van der Waals surface area (Å²) < 4.78 is 29.5. The topological polar surface area (TPSA) is 24.5 Å². The summed E-state index contributed by atoms with van der Waals surface area (Å²) in [7, 11) is 1.88. The maximum atomic E-state index is 12.1. The molecule has 0 bridgehead atoms. The number of thiocarbonyl (C=S) groups is 1. The van der Waals surface area contributed by atoms with Gasteiger partial charge in [-0.15, -0.1) is 0 Å². The van der Waals surface area contributed by atoms with Crippen LogP contribution in [0.25, 0.3) is 0 Å². The molecule has 0 spiro atoms. The zero-order valence-corrected chi connectivity index (χ0v) is 14.7. The van der Waals surface area contributed by atoms with Crippen LogP contribution in [0.15, 0.2) is 53.0 Å². The van der Waals surface area contributed by atoms with E-state index in [0.717, 1.165) is 10.0 Å². The molecule has 0 aliphatic carbocycles. The fourth-order valence-corrected chi connectivity index (χ4v) is 2.49. The molecule has 7 heteroatoms. The van der Waals surface area contributed by atoms with E-state index >= 15 is 0 Å². The molecule has 0 radical (unpaired) electrons. The van der Waals surface area contributed by atoms with Gasteiger partial charge in [0.05, 0.1) is 0 Å². The summed E-state index contributed by atoms with van der Waals surface area (Å²) in [5.74, 6) is 0.109. The molecule has 0 saturated heterocycles. The van der Waals surface area contributed by atoms with E-state index in [2.05, 4.69) is 26.0 Å². The van der Waals surface area contributed by atoms with Gasteiger partial charge in [-0.05, 0) is 48.1 Å². The van der Waals surface area contributed by atoms with Gasteiger partial charge in [0.15, 0.2) is 5.11 Å². The molecular weight excluding hydrogens is 386 g/mol. The Hall–Kier alpha value is -1.73. The summed E-state index contributed by atoms with van der Waals surface area (Å²) in [5, 5.41) is 3.59. The lowest BCUT2D eigenvalue weighted by molar-refractivity contribution is -0.0498. The fraction of sp³-hybridized carbons (Fsp3) is 0.188. The molecule has 1 N–H and O–H groups in total. The molecule has 0 aromatic heterocycles. The van der Waals surface area contributed by atoms with Gasteiger partial charge in [0, 0.05) is 23.8 Å². The van der Waals surface area contributed by atoms with Gasteiger partial charge in [0.2, 0.25) is 0 Å². The van der Waals surface area contributed by atoms with Gasteiger partial charge in [0.1, 0.15) is 5.75 Å². The van der Waals surface area contributed by atoms with Crippen molar-refractivity contribution in [1.29, 1.82) is 0 Å². The molecule has 122 valence electrons. The number of nitrogens with one attached hydrogen (secondary N) is 1. The first-order chi connectivity index (χ1) is 11.0. The van der Waals surface area contributed by atoms with Gasteiger partial charge < -0.3 is 15.0 Å². The molecule has 0 amide bonds. The number of rotatable bonds is 5. The summed E-state index contributed by atoms with van der Waals surface area (Å²) in [6, 6.07) is 14.1. The highest BCUT2D eigenvalue weighted by Gasteiger charge is 2.08. The van der Waals surface area contributed by atoms with E-state index in [9.17, 15) is 8.78 Å². The van der Waals surface area contributed by atoms with Gasteiger partial charge in [-0.1, -0.05) is 34.1 Å². The van der Waals surface area contributed by atoms with E-state index in [1.54, 1.807) is 12.1 Å². The van der Waals surface area contributed by atoms with Gasteiger partial charge in [0.25, 0.3) is 0 Å². The van der Waals surface area contributed by atoms with Gasteiger partial charge >= 0.3 is 6.61 Å². The van der Waals surface area contributed by atoms with Crippen LogP contribution >= 0.6 is 28.1 Å². The van der Waals surface area contributed by atoms with Crippen molar-refractivity contribution >= 4 is 38.9 Å². The molecule has 23 heavy (non-hydrogen) atoms. The quantitative estimate of drug-likeness (QED) is 0.722. The second kappa shape index (κ2) is 8.21. The van der Waals surface area contributed by atoms with Gasteiger partial charge in [-0.2, -0.15) is 8.78 Å². The van der Waals surface area contributed by atoms with Crippen molar-refractivity contribution in [3.8, 4) is 5.75 Å². The molecule has 0 unspecified atom stereocenters. The van der Waals surface area contributed by atoms with E-state index < -0.39 is 6.61 Å². The predicted octanol–water partition coefficient (Wildman–Crippen LogP) is 4.88. The number of nitrogens with zero attached hydrogens (tertiary/aromatic N) is 1. The van der Waals surface area contributed by atoms with E-state index in [-0.39, 0.29) is 5.75 Å². The highest BCUT2D eigenvalue weighted by Crippen LogP contribution is 2.20. The van der Waals surface area contributed by atoms with Crippen LogP contribution in [-0.4, -0.2) is 23.7 Å². The molecule has 0 heterocycles. The van der Waals surface area contributed by atoms with Crippen LogP contribution in [0.5, 0.6) is 5.75 Å². The molecule has 2 aromatic carbocycles. The summed E-state index contributed by atoms with van der Waals surface area (Å²) >= 11 is 8.85. The van der Waals surface area contributed by atoms with E-state index in [1.807, 2.05) is 36.2 Å². The molecule has 2 aromatic rings. The number of benzene rings is 2. The molecule has 0 saturated carbocycles. The van der Waals surface area contributed by atoms with Gasteiger partial charge in [-0.3, -0.25) is 0 Å². The van der Waals surface area contributed by atoms with Gasteiger partial charge in [-0.25, -0.2) is 0 Å². The van der Waals surface area contributed by atoms with E-state index in [4.69, 9.17) is 12.2 Å². The average Bonchev–Trinajstić information content (AvgIpc) is 2.51. The third-order valence-electron chi connectivity index (χ3n) is 3.04. The average molecular weight is 401 g/mol. The first-order valence-electron chi connectivity index (χ1n) is 6.76. The molecule has 3 nitrogen and oxygen atoms in total. The minimum atomic E-state index is -2.83. The number of hydrogen-bond acceptors (Lipinski definition) is 2. The standard InChI is InChI=1S/C16H15BrF2N2OS/c1-21(10-11-4-2-3-5-14(11)17)16(23)20-12-6-8-13(9-7-12)22-15(18)19/h2-9,15H,10H2,1H3,(H,20,23). The summed E-state index contributed by atoms with van der Waals surface area (Å²) in [4.78, 5) is 1.89. The van der Waals surface area contributed by atoms with Crippen LogP contribution in [-0.2, 0) is 6.54 Å². The van der Waals surface area contributed by atoms with Crippen molar-refractivity contribution in [2.45, 2.75) is 13.2 Å². The second-order valence-electron chi connectivity index (χ2n) is 4.78. The predicted molar refractivity (Wildman–Crippen MR) is 94.9 cm³/mol. The van der Waals surface area contributed by atoms with Crippen LogP contribution in [0.3, 0.4) is 0 Å². The zero-order chi connectivity index (χ0) is 16.8. The van der Waals surface area contributed by atoms with Crippen molar-refractivity contribution in [2.24, 2.45) is 0 Å². The Kier molecular flexibility index (Phi) is 6.29. The van der Waals surface area contributed by atoms with E-state index in [0.29, 0.717) is 17.3 Å². The van der Waals surface area contributed by atoms with Crippen LogP contribution in [0.1, 0.15) is 5.56 Å². The first kappa shape index (κ1) is 17.6. The van der Waals surface area contributed by atoms with Crippen molar-refractivity contribution in [3.05, 3.63) is 58.6 Å². The lowest BCUT2D eigenvalue weighted by Gasteiger charge is -2.22. The zero-order valence-electron chi connectivity index (χ0n) is 12.3. The Balaban J connectivity index is 1.94. The summed E-state index contributed by atoms with van der Waals surface area (Å²) in [6.45, 7) is -2.19. The summed E-state index contributed by atoms with van der Waals surface area (Å²) in [5.41, 5.74) is 1.82. The second-order valence-corrected chi connectivity index (χ2v) is 6.02. The van der Waals surface area contributed by atoms with Crippen molar-refractivity contribution in [1.82, 2.24) is 4.90 Å². The Morgan fingerprint density at radius 3 is 2.48 bits per heavy atom. The number of halogens is 3. The Labute approximate surface area is 147 Å². The maximum Gasteiger partial charge on any atom is 0.387 e. The molecule has 0 aliphatic heterocycles. The summed E-state index contributed by atoms with van der Waals surface area (Å²) in [6.07, 6.45) is 0. The highest BCUT2D eigenvalue weighted by atomic mass is 79.9. The maximum absolute atomic E-state index is 12.1. The highest BCUT2D eigenvalue weighted by molar-refractivity contribution is 9.10. The lowest BCUT2D eigenvalue weighted by atomic mass is 10.2.